The zero-order valence-corrected chi connectivity index (χ0v) is 9.27. The van der Waals surface area contributed by atoms with Crippen LogP contribution in [-0.2, 0) is 0 Å². The summed E-state index contributed by atoms with van der Waals surface area (Å²) in [6, 6.07) is 6.03. The molecule has 1 atom stereocenters. The molecule has 4 heteroatoms. The van der Waals surface area contributed by atoms with Gasteiger partial charge in [0.2, 0.25) is 0 Å². The van der Waals surface area contributed by atoms with Crippen molar-refractivity contribution in [1.82, 2.24) is 15.1 Å². The lowest BCUT2D eigenvalue weighted by Gasteiger charge is -2.10. The number of phenolic OH excluding ortho intramolecular Hbond substituents is 1. The first-order valence-corrected chi connectivity index (χ1v) is 5.65. The summed E-state index contributed by atoms with van der Waals surface area (Å²) in [6.07, 6.45) is 1.10. The van der Waals surface area contributed by atoms with Crippen LogP contribution in [-0.4, -0.2) is 28.0 Å². The number of hydrogen-bond donors (Lipinski definition) is 2. The minimum absolute atomic E-state index is 0.326. The van der Waals surface area contributed by atoms with Gasteiger partial charge >= 0.3 is 0 Å². The summed E-state index contributed by atoms with van der Waals surface area (Å²) in [5, 5.41) is 18.6. The Bertz CT molecular complexity index is 526. The zero-order chi connectivity index (χ0) is 11.1. The van der Waals surface area contributed by atoms with Gasteiger partial charge in [-0.05, 0) is 32.0 Å². The van der Waals surface area contributed by atoms with Gasteiger partial charge in [-0.3, -0.25) is 4.68 Å². The van der Waals surface area contributed by atoms with Crippen LogP contribution in [0.25, 0.3) is 10.9 Å². The molecule has 1 aromatic heterocycles. The summed E-state index contributed by atoms with van der Waals surface area (Å²) in [4.78, 5) is 0. The second-order valence-electron chi connectivity index (χ2n) is 4.35. The summed E-state index contributed by atoms with van der Waals surface area (Å²) in [6.45, 7) is 3.96. The molecule has 16 heavy (non-hydrogen) atoms. The standard InChI is InChI=1S/C12H15N3O/c1-8-12-10(3-2-4-11(12)16)15(14-8)9-5-6-13-7-9/h2-4,9,13,16H,5-7H2,1H3. The van der Waals surface area contributed by atoms with Crippen LogP contribution in [0.5, 0.6) is 5.75 Å². The maximum absolute atomic E-state index is 9.84. The quantitative estimate of drug-likeness (QED) is 0.762. The highest BCUT2D eigenvalue weighted by molar-refractivity contribution is 5.87. The van der Waals surface area contributed by atoms with Gasteiger partial charge in [0, 0.05) is 6.54 Å². The summed E-state index contributed by atoms with van der Waals surface area (Å²) in [5.41, 5.74) is 1.94. The highest BCUT2D eigenvalue weighted by atomic mass is 16.3. The van der Waals surface area contributed by atoms with Crippen LogP contribution in [0.3, 0.4) is 0 Å². The molecule has 0 radical (unpaired) electrons. The van der Waals surface area contributed by atoms with E-state index in [1.807, 2.05) is 23.7 Å². The van der Waals surface area contributed by atoms with Crippen molar-refractivity contribution >= 4 is 10.9 Å². The average molecular weight is 217 g/mol. The predicted molar refractivity (Wildman–Crippen MR) is 62.7 cm³/mol. The van der Waals surface area contributed by atoms with Crippen LogP contribution in [0.4, 0.5) is 0 Å². The van der Waals surface area contributed by atoms with Gasteiger partial charge in [-0.25, -0.2) is 0 Å². The van der Waals surface area contributed by atoms with Gasteiger partial charge in [0.25, 0.3) is 0 Å². The van der Waals surface area contributed by atoms with Crippen molar-refractivity contribution < 1.29 is 5.11 Å². The van der Waals surface area contributed by atoms with Crippen LogP contribution < -0.4 is 5.32 Å². The van der Waals surface area contributed by atoms with Crippen LogP contribution in [0.2, 0.25) is 0 Å². The predicted octanol–water partition coefficient (Wildman–Crippen LogP) is 1.58. The number of rotatable bonds is 1. The normalized spacial score (nSPS) is 20.7. The maximum atomic E-state index is 9.84. The molecule has 1 aliphatic heterocycles. The minimum atomic E-state index is 0.326. The molecule has 1 saturated heterocycles. The highest BCUT2D eigenvalue weighted by Gasteiger charge is 2.21. The van der Waals surface area contributed by atoms with Crippen molar-refractivity contribution in [2.45, 2.75) is 19.4 Å². The summed E-state index contributed by atoms with van der Waals surface area (Å²) >= 11 is 0. The monoisotopic (exact) mass is 217 g/mol. The Balaban J connectivity index is 2.22. The van der Waals surface area contributed by atoms with E-state index in [0.29, 0.717) is 11.8 Å². The van der Waals surface area contributed by atoms with Gasteiger partial charge in [-0.2, -0.15) is 5.10 Å². The lowest BCUT2D eigenvalue weighted by Crippen LogP contribution is -2.14. The van der Waals surface area contributed by atoms with E-state index >= 15 is 0 Å². The topological polar surface area (TPSA) is 50.1 Å². The summed E-state index contributed by atoms with van der Waals surface area (Å²) < 4.78 is 2.05. The molecule has 2 aromatic rings. The first-order valence-electron chi connectivity index (χ1n) is 5.65. The van der Waals surface area contributed by atoms with Crippen LogP contribution in [0.1, 0.15) is 18.2 Å². The molecule has 2 N–H and O–H groups in total. The molecule has 4 nitrogen and oxygen atoms in total. The van der Waals surface area contributed by atoms with Crippen molar-refractivity contribution in [3.8, 4) is 5.75 Å². The Morgan fingerprint density at radius 2 is 2.38 bits per heavy atom. The molecule has 0 bridgehead atoms. The molecule has 1 unspecified atom stereocenters. The molecule has 1 aliphatic rings. The van der Waals surface area contributed by atoms with Crippen molar-refractivity contribution in [2.75, 3.05) is 13.1 Å². The highest BCUT2D eigenvalue weighted by Crippen LogP contribution is 2.30. The number of hydrogen-bond acceptors (Lipinski definition) is 3. The van der Waals surface area contributed by atoms with Gasteiger partial charge < -0.3 is 10.4 Å². The summed E-state index contributed by atoms with van der Waals surface area (Å²) in [7, 11) is 0. The number of aromatic hydroxyl groups is 1. The smallest absolute Gasteiger partial charge is 0.126 e. The third-order valence-electron chi connectivity index (χ3n) is 3.27. The number of aromatic nitrogens is 2. The van der Waals surface area contributed by atoms with E-state index in [-0.39, 0.29) is 0 Å². The number of fused-ring (bicyclic) bond motifs is 1. The fourth-order valence-electron chi connectivity index (χ4n) is 2.48. The molecule has 2 heterocycles. The largest absolute Gasteiger partial charge is 0.507 e. The third-order valence-corrected chi connectivity index (χ3v) is 3.27. The molecule has 1 fully saturated rings. The average Bonchev–Trinajstić information content (AvgIpc) is 2.86. The third kappa shape index (κ3) is 1.30. The van der Waals surface area contributed by atoms with Gasteiger partial charge in [0.05, 0.1) is 22.6 Å². The van der Waals surface area contributed by atoms with E-state index in [9.17, 15) is 5.11 Å². The van der Waals surface area contributed by atoms with Gasteiger partial charge in [-0.15, -0.1) is 0 Å². The van der Waals surface area contributed by atoms with Crippen LogP contribution in [0, 0.1) is 6.92 Å². The van der Waals surface area contributed by atoms with E-state index in [1.165, 1.54) is 0 Å². The fraction of sp³-hybridized carbons (Fsp3) is 0.417. The lowest BCUT2D eigenvalue weighted by molar-refractivity contribution is 0.481. The Kier molecular flexibility index (Phi) is 2.11. The van der Waals surface area contributed by atoms with Gasteiger partial charge in [-0.1, -0.05) is 6.07 Å². The Morgan fingerprint density at radius 3 is 3.12 bits per heavy atom. The van der Waals surface area contributed by atoms with Crippen molar-refractivity contribution in [3.05, 3.63) is 23.9 Å². The van der Waals surface area contributed by atoms with E-state index in [1.54, 1.807) is 6.07 Å². The number of nitrogens with zero attached hydrogens (tertiary/aromatic N) is 2. The van der Waals surface area contributed by atoms with Gasteiger partial charge in [0.15, 0.2) is 0 Å². The van der Waals surface area contributed by atoms with E-state index in [0.717, 1.165) is 36.1 Å². The molecule has 3 rings (SSSR count). The van der Waals surface area contributed by atoms with Crippen molar-refractivity contribution in [1.29, 1.82) is 0 Å². The maximum Gasteiger partial charge on any atom is 0.126 e. The van der Waals surface area contributed by atoms with Gasteiger partial charge in [0.1, 0.15) is 5.75 Å². The van der Waals surface area contributed by atoms with E-state index in [2.05, 4.69) is 10.4 Å². The second kappa shape index (κ2) is 3.49. The van der Waals surface area contributed by atoms with Crippen LogP contribution in [0.15, 0.2) is 18.2 Å². The number of phenols is 1. The zero-order valence-electron chi connectivity index (χ0n) is 9.27. The SMILES string of the molecule is Cc1nn(C2CCNC2)c2cccc(O)c12. The molecular weight excluding hydrogens is 202 g/mol. The summed E-state index contributed by atoms with van der Waals surface area (Å²) in [5.74, 6) is 0.326. The van der Waals surface area contributed by atoms with E-state index in [4.69, 9.17) is 0 Å². The first kappa shape index (κ1) is 9.66. The minimum Gasteiger partial charge on any atom is -0.507 e. The molecule has 1 aromatic carbocycles. The Hall–Kier alpha value is -1.55. The van der Waals surface area contributed by atoms with Crippen LogP contribution >= 0.6 is 0 Å². The number of aryl methyl sites for hydroxylation is 1. The molecule has 0 saturated carbocycles. The molecule has 0 spiro atoms. The second-order valence-corrected chi connectivity index (χ2v) is 4.35. The molecule has 0 aliphatic carbocycles. The van der Waals surface area contributed by atoms with Crippen molar-refractivity contribution in [3.63, 3.8) is 0 Å². The molecule has 84 valence electrons. The molecule has 0 amide bonds. The number of nitrogens with one attached hydrogen (secondary N) is 1. The lowest BCUT2D eigenvalue weighted by atomic mass is 10.2. The Morgan fingerprint density at radius 1 is 1.50 bits per heavy atom. The van der Waals surface area contributed by atoms with Crippen molar-refractivity contribution in [2.24, 2.45) is 0 Å². The number of benzene rings is 1. The fourth-order valence-corrected chi connectivity index (χ4v) is 2.48. The first-order chi connectivity index (χ1) is 7.77. The molecular formula is C12H15N3O. The van der Waals surface area contributed by atoms with E-state index < -0.39 is 0 Å². The Labute approximate surface area is 93.9 Å².